The Bertz CT molecular complexity index is 334. The fraction of sp³-hybridized carbons (Fsp3) is 0.500. The molecule has 0 spiro atoms. The minimum Gasteiger partial charge on any atom is -0.480 e. The summed E-state index contributed by atoms with van der Waals surface area (Å²) >= 11 is 0. The second-order valence-electron chi connectivity index (χ2n) is 3.25. The predicted octanol–water partition coefficient (Wildman–Crippen LogP) is 0.0696. The average Bonchev–Trinajstić information content (AvgIpc) is 2.51. The summed E-state index contributed by atoms with van der Waals surface area (Å²) in [5.41, 5.74) is 1.86. The highest BCUT2D eigenvalue weighted by Crippen LogP contribution is 2.21. The third kappa shape index (κ3) is 1.31. The highest BCUT2D eigenvalue weighted by Gasteiger charge is 2.29. The molecule has 0 bridgehead atoms. The van der Waals surface area contributed by atoms with Crippen LogP contribution in [0, 0.1) is 0 Å². The largest absolute Gasteiger partial charge is 0.480 e. The van der Waals surface area contributed by atoms with Crippen molar-refractivity contribution in [2.45, 2.75) is 25.4 Å². The first-order valence-corrected chi connectivity index (χ1v) is 4.19. The van der Waals surface area contributed by atoms with E-state index in [1.54, 1.807) is 6.33 Å². The molecule has 0 aliphatic carbocycles. The maximum atomic E-state index is 10.7. The van der Waals surface area contributed by atoms with E-state index in [4.69, 9.17) is 5.11 Å². The van der Waals surface area contributed by atoms with E-state index in [1.807, 2.05) is 6.92 Å². The van der Waals surface area contributed by atoms with Crippen LogP contribution < -0.4 is 5.32 Å². The molecule has 3 N–H and O–H groups in total. The van der Waals surface area contributed by atoms with Gasteiger partial charge in [-0.25, -0.2) is 4.98 Å². The van der Waals surface area contributed by atoms with E-state index in [1.165, 1.54) is 0 Å². The third-order valence-electron chi connectivity index (χ3n) is 2.32. The number of rotatable bonds is 1. The summed E-state index contributed by atoms with van der Waals surface area (Å²) in [5, 5.41) is 11.8. The summed E-state index contributed by atoms with van der Waals surface area (Å²) in [4.78, 5) is 17.8. The Labute approximate surface area is 75.2 Å². The molecule has 1 aliphatic rings. The smallest absolute Gasteiger partial charge is 0.321 e. The molecule has 0 aromatic carbocycles. The summed E-state index contributed by atoms with van der Waals surface area (Å²) in [7, 11) is 0. The van der Waals surface area contributed by atoms with Crippen LogP contribution in [0.15, 0.2) is 6.33 Å². The van der Waals surface area contributed by atoms with E-state index in [9.17, 15) is 4.79 Å². The number of carbonyl (C=O) groups is 1. The van der Waals surface area contributed by atoms with Crippen molar-refractivity contribution in [2.24, 2.45) is 0 Å². The number of hydrogen-bond donors (Lipinski definition) is 3. The van der Waals surface area contributed by atoms with Gasteiger partial charge in [0, 0.05) is 18.2 Å². The van der Waals surface area contributed by atoms with Gasteiger partial charge in [0.05, 0.1) is 12.0 Å². The van der Waals surface area contributed by atoms with Crippen LogP contribution in [0.25, 0.3) is 0 Å². The minimum atomic E-state index is -0.813. The van der Waals surface area contributed by atoms with Crippen molar-refractivity contribution in [3.63, 3.8) is 0 Å². The molecule has 0 radical (unpaired) electrons. The number of aromatic amines is 1. The van der Waals surface area contributed by atoms with Gasteiger partial charge in [-0.2, -0.15) is 0 Å². The number of aliphatic carboxylic acids is 1. The van der Waals surface area contributed by atoms with E-state index in [2.05, 4.69) is 15.3 Å². The van der Waals surface area contributed by atoms with E-state index in [0.29, 0.717) is 6.42 Å². The molecule has 2 atom stereocenters. The van der Waals surface area contributed by atoms with E-state index >= 15 is 0 Å². The Morgan fingerprint density at radius 2 is 2.54 bits per heavy atom. The van der Waals surface area contributed by atoms with Crippen LogP contribution in [0.5, 0.6) is 0 Å². The van der Waals surface area contributed by atoms with Crippen molar-refractivity contribution in [1.29, 1.82) is 0 Å². The van der Waals surface area contributed by atoms with Gasteiger partial charge in [-0.3, -0.25) is 10.1 Å². The van der Waals surface area contributed by atoms with Gasteiger partial charge in [0.15, 0.2) is 0 Å². The first-order valence-electron chi connectivity index (χ1n) is 4.19. The fourth-order valence-corrected chi connectivity index (χ4v) is 1.67. The SMILES string of the molecule is C[C@@H]1N[C@@H](C(=O)O)Cc2[nH]cnc21. The third-order valence-corrected chi connectivity index (χ3v) is 2.32. The Balaban J connectivity index is 2.28. The Morgan fingerprint density at radius 1 is 1.77 bits per heavy atom. The zero-order valence-corrected chi connectivity index (χ0v) is 7.24. The molecule has 2 rings (SSSR count). The lowest BCUT2D eigenvalue weighted by atomic mass is 10.0. The molecule has 1 aromatic heterocycles. The standard InChI is InChI=1S/C8H11N3O2/c1-4-7-5(9-3-10-7)2-6(11-4)8(12)13/h3-4,6,11H,2H2,1H3,(H,9,10)(H,12,13)/t4-,6+/m0/s1. The molecule has 0 saturated carbocycles. The molecule has 0 saturated heterocycles. The van der Waals surface area contributed by atoms with Crippen molar-refractivity contribution in [3.8, 4) is 0 Å². The minimum absolute atomic E-state index is 0.0103. The van der Waals surface area contributed by atoms with Gasteiger partial charge >= 0.3 is 5.97 Å². The molecule has 2 heterocycles. The Kier molecular flexibility index (Phi) is 1.81. The van der Waals surface area contributed by atoms with Gasteiger partial charge in [-0.05, 0) is 6.92 Å². The number of nitrogens with zero attached hydrogens (tertiary/aromatic N) is 1. The topological polar surface area (TPSA) is 78.0 Å². The number of fused-ring (bicyclic) bond motifs is 1. The molecule has 5 nitrogen and oxygen atoms in total. The second kappa shape index (κ2) is 2.85. The highest BCUT2D eigenvalue weighted by atomic mass is 16.4. The zero-order valence-electron chi connectivity index (χ0n) is 7.24. The fourth-order valence-electron chi connectivity index (χ4n) is 1.67. The van der Waals surface area contributed by atoms with E-state index < -0.39 is 12.0 Å². The Morgan fingerprint density at radius 3 is 3.23 bits per heavy atom. The highest BCUT2D eigenvalue weighted by molar-refractivity contribution is 5.74. The van der Waals surface area contributed by atoms with Crippen molar-refractivity contribution in [3.05, 3.63) is 17.7 Å². The van der Waals surface area contributed by atoms with Crippen LogP contribution in [0.2, 0.25) is 0 Å². The number of aromatic nitrogens is 2. The van der Waals surface area contributed by atoms with Crippen molar-refractivity contribution in [1.82, 2.24) is 15.3 Å². The lowest BCUT2D eigenvalue weighted by Gasteiger charge is -2.24. The van der Waals surface area contributed by atoms with Gasteiger partial charge < -0.3 is 10.1 Å². The maximum absolute atomic E-state index is 10.7. The predicted molar refractivity (Wildman–Crippen MR) is 45.3 cm³/mol. The van der Waals surface area contributed by atoms with Crippen LogP contribution in [-0.2, 0) is 11.2 Å². The number of hydrogen-bond acceptors (Lipinski definition) is 3. The van der Waals surface area contributed by atoms with Crippen molar-refractivity contribution in [2.75, 3.05) is 0 Å². The summed E-state index contributed by atoms with van der Waals surface area (Å²) in [6, 6.07) is -0.487. The molecule has 0 unspecified atom stereocenters. The lowest BCUT2D eigenvalue weighted by molar-refractivity contribution is -0.139. The Hall–Kier alpha value is -1.36. The molecular weight excluding hydrogens is 170 g/mol. The molecular formula is C8H11N3O2. The first kappa shape index (κ1) is 8.25. The van der Waals surface area contributed by atoms with Gasteiger partial charge in [0.2, 0.25) is 0 Å². The number of carboxylic acids is 1. The van der Waals surface area contributed by atoms with E-state index in [-0.39, 0.29) is 6.04 Å². The van der Waals surface area contributed by atoms with Gasteiger partial charge in [-0.1, -0.05) is 0 Å². The number of carboxylic acid groups (broad SMARTS) is 1. The normalized spacial score (nSPS) is 26.8. The lowest BCUT2D eigenvalue weighted by Crippen LogP contribution is -2.43. The van der Waals surface area contributed by atoms with Crippen molar-refractivity contribution >= 4 is 5.97 Å². The van der Waals surface area contributed by atoms with Gasteiger partial charge in [0.1, 0.15) is 6.04 Å². The molecule has 5 heteroatoms. The van der Waals surface area contributed by atoms with Crippen LogP contribution in [0.1, 0.15) is 24.4 Å². The van der Waals surface area contributed by atoms with Crippen LogP contribution >= 0.6 is 0 Å². The van der Waals surface area contributed by atoms with E-state index in [0.717, 1.165) is 11.4 Å². The van der Waals surface area contributed by atoms with Crippen molar-refractivity contribution < 1.29 is 9.90 Å². The molecule has 13 heavy (non-hydrogen) atoms. The number of nitrogens with one attached hydrogen (secondary N) is 2. The molecule has 0 amide bonds. The molecule has 0 fully saturated rings. The summed E-state index contributed by atoms with van der Waals surface area (Å²) < 4.78 is 0. The summed E-state index contributed by atoms with van der Waals surface area (Å²) in [5.74, 6) is -0.813. The zero-order chi connectivity index (χ0) is 9.42. The average molecular weight is 181 g/mol. The summed E-state index contributed by atoms with van der Waals surface area (Å²) in [6.07, 6.45) is 2.09. The van der Waals surface area contributed by atoms with Crippen LogP contribution in [-0.4, -0.2) is 27.1 Å². The molecule has 1 aromatic rings. The van der Waals surface area contributed by atoms with Gasteiger partial charge in [-0.15, -0.1) is 0 Å². The number of H-pyrrole nitrogens is 1. The summed E-state index contributed by atoms with van der Waals surface area (Å²) in [6.45, 7) is 1.91. The quantitative estimate of drug-likeness (QED) is 0.573. The van der Waals surface area contributed by atoms with Gasteiger partial charge in [0.25, 0.3) is 0 Å². The monoisotopic (exact) mass is 181 g/mol. The molecule has 1 aliphatic heterocycles. The maximum Gasteiger partial charge on any atom is 0.321 e. The number of imidazole rings is 1. The second-order valence-corrected chi connectivity index (χ2v) is 3.25. The van der Waals surface area contributed by atoms with Crippen LogP contribution in [0.3, 0.4) is 0 Å². The first-order chi connectivity index (χ1) is 6.18. The molecule has 70 valence electrons. The van der Waals surface area contributed by atoms with Crippen LogP contribution in [0.4, 0.5) is 0 Å².